The monoisotopic (exact) mass is 292 g/mol. The molecule has 0 aliphatic heterocycles. The third-order valence-electron chi connectivity index (χ3n) is 2.81. The van der Waals surface area contributed by atoms with Crippen molar-refractivity contribution in [1.82, 2.24) is 0 Å². The summed E-state index contributed by atoms with van der Waals surface area (Å²) in [6, 6.07) is 5.26. The van der Waals surface area contributed by atoms with Crippen molar-refractivity contribution in [2.75, 3.05) is 0 Å². The summed E-state index contributed by atoms with van der Waals surface area (Å²) >= 11 is 0. The van der Waals surface area contributed by atoms with E-state index in [-0.39, 0.29) is 16.9 Å². The fraction of sp³-hybridized carbons (Fsp3) is 0.529. The predicted octanol–water partition coefficient (Wildman–Crippen LogP) is 4.50. The van der Waals surface area contributed by atoms with Gasteiger partial charge in [-0.3, -0.25) is 4.79 Å². The van der Waals surface area contributed by atoms with Crippen LogP contribution in [-0.4, -0.2) is 17.5 Å². The summed E-state index contributed by atoms with van der Waals surface area (Å²) in [5.74, 6) is 0.0735. The first-order valence-electron chi connectivity index (χ1n) is 6.96. The SMILES string of the molecule is CC(=O)c1cc(C(C)(C)C)ccc1OC(=O)OC(C)(C)C. The Morgan fingerprint density at radius 3 is 2.00 bits per heavy atom. The fourth-order valence-electron chi connectivity index (χ4n) is 1.72. The Hall–Kier alpha value is -1.84. The molecule has 0 bridgehead atoms. The van der Waals surface area contributed by atoms with Gasteiger partial charge in [-0.2, -0.15) is 0 Å². The van der Waals surface area contributed by atoms with E-state index in [1.165, 1.54) is 6.92 Å². The van der Waals surface area contributed by atoms with Gasteiger partial charge in [0.15, 0.2) is 5.78 Å². The molecule has 4 nitrogen and oxygen atoms in total. The van der Waals surface area contributed by atoms with Crippen LogP contribution in [0.4, 0.5) is 4.79 Å². The lowest BCUT2D eigenvalue weighted by Crippen LogP contribution is -2.26. The molecule has 1 aromatic carbocycles. The van der Waals surface area contributed by atoms with E-state index in [1.807, 2.05) is 6.07 Å². The van der Waals surface area contributed by atoms with E-state index < -0.39 is 11.8 Å². The van der Waals surface area contributed by atoms with E-state index >= 15 is 0 Å². The molecule has 0 heterocycles. The van der Waals surface area contributed by atoms with Crippen LogP contribution >= 0.6 is 0 Å². The summed E-state index contributed by atoms with van der Waals surface area (Å²) in [6.45, 7) is 12.9. The molecule has 0 aromatic heterocycles. The number of carbonyl (C=O) groups is 2. The standard InChI is InChI=1S/C17H24O4/c1-11(18)13-10-12(16(2,3)4)8-9-14(13)20-15(19)21-17(5,6)7/h8-10H,1-7H3. The molecule has 0 saturated heterocycles. The normalized spacial score (nSPS) is 12.0. The molecule has 0 N–H and O–H groups in total. The van der Waals surface area contributed by atoms with Crippen molar-refractivity contribution in [1.29, 1.82) is 0 Å². The number of Topliss-reactive ketones (excluding diaryl/α,β-unsaturated/α-hetero) is 1. The number of ketones is 1. The smallest absolute Gasteiger partial charge is 0.428 e. The van der Waals surface area contributed by atoms with Gasteiger partial charge in [0, 0.05) is 0 Å². The lowest BCUT2D eigenvalue weighted by Gasteiger charge is -2.22. The summed E-state index contributed by atoms with van der Waals surface area (Å²) in [5.41, 5.74) is 0.658. The Balaban J connectivity index is 3.08. The minimum Gasteiger partial charge on any atom is -0.428 e. The molecule has 0 amide bonds. The van der Waals surface area contributed by atoms with Gasteiger partial charge in [-0.05, 0) is 50.8 Å². The topological polar surface area (TPSA) is 52.6 Å². The molecule has 0 saturated carbocycles. The van der Waals surface area contributed by atoms with Crippen LogP contribution in [-0.2, 0) is 10.2 Å². The molecule has 0 spiro atoms. The molecular weight excluding hydrogens is 268 g/mol. The number of benzene rings is 1. The lowest BCUT2D eigenvalue weighted by molar-refractivity contribution is 0.0205. The molecule has 0 fully saturated rings. The van der Waals surface area contributed by atoms with Crippen molar-refractivity contribution in [3.8, 4) is 5.75 Å². The second kappa shape index (κ2) is 5.88. The highest BCUT2D eigenvalue weighted by molar-refractivity contribution is 5.97. The maximum Gasteiger partial charge on any atom is 0.514 e. The Morgan fingerprint density at radius 1 is 1.00 bits per heavy atom. The molecule has 1 rings (SSSR count). The van der Waals surface area contributed by atoms with Gasteiger partial charge in [-0.25, -0.2) is 4.79 Å². The zero-order valence-corrected chi connectivity index (χ0v) is 13.9. The number of carbonyl (C=O) groups excluding carboxylic acids is 2. The van der Waals surface area contributed by atoms with E-state index in [1.54, 1.807) is 32.9 Å². The molecule has 116 valence electrons. The zero-order chi connectivity index (χ0) is 16.4. The highest BCUT2D eigenvalue weighted by Gasteiger charge is 2.22. The molecule has 4 heteroatoms. The second-order valence-corrected chi connectivity index (χ2v) is 7.08. The van der Waals surface area contributed by atoms with Crippen molar-refractivity contribution in [2.45, 2.75) is 59.5 Å². The van der Waals surface area contributed by atoms with E-state index in [2.05, 4.69) is 20.8 Å². The van der Waals surface area contributed by atoms with Gasteiger partial charge in [0.05, 0.1) is 5.56 Å². The van der Waals surface area contributed by atoms with Gasteiger partial charge in [0.25, 0.3) is 0 Å². The van der Waals surface area contributed by atoms with Gasteiger partial charge in [0.1, 0.15) is 11.4 Å². The number of ether oxygens (including phenoxy) is 2. The summed E-state index contributed by atoms with van der Waals surface area (Å²) in [6.07, 6.45) is -0.812. The van der Waals surface area contributed by atoms with E-state index in [0.717, 1.165) is 5.56 Å². The third kappa shape index (κ3) is 5.21. The third-order valence-corrected chi connectivity index (χ3v) is 2.81. The molecule has 0 radical (unpaired) electrons. The minimum atomic E-state index is -0.812. The van der Waals surface area contributed by atoms with Crippen LogP contribution in [0.1, 0.15) is 64.4 Å². The number of hydrogen-bond acceptors (Lipinski definition) is 4. The molecule has 0 unspecified atom stereocenters. The molecule has 21 heavy (non-hydrogen) atoms. The maximum absolute atomic E-state index is 11.8. The second-order valence-electron chi connectivity index (χ2n) is 7.08. The first-order chi connectivity index (χ1) is 9.40. The number of rotatable bonds is 2. The zero-order valence-electron chi connectivity index (χ0n) is 13.9. The van der Waals surface area contributed by atoms with Crippen LogP contribution in [0.3, 0.4) is 0 Å². The van der Waals surface area contributed by atoms with Crippen LogP contribution in [0.5, 0.6) is 5.75 Å². The van der Waals surface area contributed by atoms with E-state index in [9.17, 15) is 9.59 Å². The minimum absolute atomic E-state index is 0.0886. The van der Waals surface area contributed by atoms with Gasteiger partial charge in [0.2, 0.25) is 0 Å². The largest absolute Gasteiger partial charge is 0.514 e. The predicted molar refractivity (Wildman–Crippen MR) is 82.0 cm³/mol. The molecule has 0 aliphatic carbocycles. The lowest BCUT2D eigenvalue weighted by atomic mass is 9.85. The van der Waals surface area contributed by atoms with Crippen molar-refractivity contribution < 1.29 is 19.1 Å². The summed E-state index contributed by atoms with van der Waals surface area (Å²) in [7, 11) is 0. The Labute approximate surface area is 126 Å². The summed E-state index contributed by atoms with van der Waals surface area (Å²) in [5, 5.41) is 0. The van der Waals surface area contributed by atoms with E-state index in [0.29, 0.717) is 5.56 Å². The molecule has 1 aromatic rings. The Morgan fingerprint density at radius 2 is 1.57 bits per heavy atom. The van der Waals surface area contributed by atoms with Crippen molar-refractivity contribution in [2.24, 2.45) is 0 Å². The molecular formula is C17H24O4. The number of hydrogen-bond donors (Lipinski definition) is 0. The first kappa shape index (κ1) is 17.2. The van der Waals surface area contributed by atoms with Crippen LogP contribution in [0.25, 0.3) is 0 Å². The Kier molecular flexibility index (Phi) is 4.82. The average Bonchev–Trinajstić information content (AvgIpc) is 2.24. The van der Waals surface area contributed by atoms with Crippen LogP contribution in [0.15, 0.2) is 18.2 Å². The molecule has 0 aliphatic rings. The highest BCUT2D eigenvalue weighted by atomic mass is 16.7. The van der Waals surface area contributed by atoms with Crippen LogP contribution in [0, 0.1) is 0 Å². The van der Waals surface area contributed by atoms with Crippen LogP contribution < -0.4 is 4.74 Å². The highest BCUT2D eigenvalue weighted by Crippen LogP contribution is 2.29. The first-order valence-corrected chi connectivity index (χ1v) is 6.96. The van der Waals surface area contributed by atoms with Gasteiger partial charge in [-0.15, -0.1) is 0 Å². The fourth-order valence-corrected chi connectivity index (χ4v) is 1.72. The van der Waals surface area contributed by atoms with Gasteiger partial charge < -0.3 is 9.47 Å². The quantitative estimate of drug-likeness (QED) is 0.457. The average molecular weight is 292 g/mol. The van der Waals surface area contributed by atoms with Gasteiger partial charge >= 0.3 is 6.16 Å². The van der Waals surface area contributed by atoms with Crippen LogP contribution in [0.2, 0.25) is 0 Å². The van der Waals surface area contributed by atoms with Gasteiger partial charge in [-0.1, -0.05) is 26.8 Å². The summed E-state index contributed by atoms with van der Waals surface area (Å²) in [4.78, 5) is 23.5. The van der Waals surface area contributed by atoms with E-state index in [4.69, 9.17) is 9.47 Å². The Bertz CT molecular complexity index is 545. The summed E-state index contributed by atoms with van der Waals surface area (Å²) < 4.78 is 10.3. The van der Waals surface area contributed by atoms with Crippen molar-refractivity contribution in [3.05, 3.63) is 29.3 Å². The maximum atomic E-state index is 11.8. The van der Waals surface area contributed by atoms with Crippen molar-refractivity contribution in [3.63, 3.8) is 0 Å². The van der Waals surface area contributed by atoms with Crippen molar-refractivity contribution >= 4 is 11.9 Å². The molecule has 0 atom stereocenters.